The smallest absolute Gasteiger partial charge is 0.270 e. The molecule has 6 rings (SSSR count). The van der Waals surface area contributed by atoms with Crippen molar-refractivity contribution in [3.05, 3.63) is 78.5 Å². The van der Waals surface area contributed by atoms with Crippen LogP contribution in [0.2, 0.25) is 0 Å². The van der Waals surface area contributed by atoms with E-state index >= 15 is 4.39 Å². The number of nitrogens with one attached hydrogen (secondary N) is 2. The van der Waals surface area contributed by atoms with Gasteiger partial charge in [-0.3, -0.25) is 19.9 Å². The highest BCUT2D eigenvalue weighted by Crippen LogP contribution is 2.38. The van der Waals surface area contributed by atoms with Crippen molar-refractivity contribution < 1.29 is 18.3 Å². The van der Waals surface area contributed by atoms with Crippen LogP contribution in [0, 0.1) is 11.6 Å². The Morgan fingerprint density at radius 1 is 1.10 bits per heavy atom. The van der Waals surface area contributed by atoms with Gasteiger partial charge in [0.15, 0.2) is 5.82 Å². The Morgan fingerprint density at radius 2 is 1.97 bits per heavy atom. The number of halogens is 2. The second kappa shape index (κ2) is 10.3. The lowest BCUT2D eigenvalue weighted by atomic mass is 9.88. The van der Waals surface area contributed by atoms with Crippen LogP contribution in [0.5, 0.6) is 0 Å². The van der Waals surface area contributed by atoms with Gasteiger partial charge in [-0.05, 0) is 43.5 Å². The Bertz CT molecular complexity index is 1640. The van der Waals surface area contributed by atoms with Gasteiger partial charge in [0.25, 0.3) is 5.91 Å². The van der Waals surface area contributed by atoms with Gasteiger partial charge in [-0.2, -0.15) is 5.10 Å². The van der Waals surface area contributed by atoms with E-state index in [1.54, 1.807) is 31.5 Å². The van der Waals surface area contributed by atoms with E-state index in [-0.39, 0.29) is 23.9 Å². The van der Waals surface area contributed by atoms with Crippen LogP contribution < -0.4 is 5.32 Å². The van der Waals surface area contributed by atoms with E-state index < -0.39 is 17.5 Å². The standard InChI is InChI=1S/C27H24F2N8O2/c1-39-18-10-16(34-27(38)22-8-15(28)6-7-30-22)9-17(11-18)37-24-12-21(25-32-14-33-36-25)31-13-23(24)35-26(37)19-4-2-3-5-20(19)29/h2-8,12-14,16-18H,9-11H2,1H3,(H,34,38)(H,32,33,36)/t16-,17+,18-/m0/s1. The lowest BCUT2D eigenvalue weighted by molar-refractivity contribution is 0.0397. The van der Waals surface area contributed by atoms with Gasteiger partial charge in [0.2, 0.25) is 0 Å². The number of H-pyrrole nitrogens is 1. The summed E-state index contributed by atoms with van der Waals surface area (Å²) in [6.45, 7) is 0. The number of imidazole rings is 1. The molecule has 1 aromatic carbocycles. The second-order valence-electron chi connectivity index (χ2n) is 9.43. The minimum Gasteiger partial charge on any atom is -0.381 e. The van der Waals surface area contributed by atoms with Gasteiger partial charge in [-0.1, -0.05) is 12.1 Å². The third kappa shape index (κ3) is 4.86. The molecule has 0 aliphatic heterocycles. The van der Waals surface area contributed by atoms with Crippen LogP contribution in [0.1, 0.15) is 35.8 Å². The van der Waals surface area contributed by atoms with E-state index in [1.165, 1.54) is 24.7 Å². The molecular formula is C27H24F2N8O2. The molecule has 0 saturated heterocycles. The predicted octanol–water partition coefficient (Wildman–Crippen LogP) is 4.10. The third-order valence-corrected chi connectivity index (χ3v) is 6.98. The Morgan fingerprint density at radius 3 is 2.74 bits per heavy atom. The summed E-state index contributed by atoms with van der Waals surface area (Å²) in [6, 6.07) is 10.1. The third-order valence-electron chi connectivity index (χ3n) is 6.98. The summed E-state index contributed by atoms with van der Waals surface area (Å²) in [6.07, 6.45) is 5.75. The molecule has 198 valence electrons. The van der Waals surface area contributed by atoms with E-state index in [2.05, 4.69) is 30.5 Å². The van der Waals surface area contributed by atoms with E-state index in [0.29, 0.717) is 47.7 Å². The molecule has 5 aromatic rings. The predicted molar refractivity (Wildman–Crippen MR) is 137 cm³/mol. The highest BCUT2D eigenvalue weighted by atomic mass is 19.1. The average molecular weight is 531 g/mol. The van der Waals surface area contributed by atoms with Crippen molar-refractivity contribution in [2.75, 3.05) is 7.11 Å². The van der Waals surface area contributed by atoms with E-state index in [9.17, 15) is 9.18 Å². The normalized spacial score (nSPS) is 19.3. The summed E-state index contributed by atoms with van der Waals surface area (Å²) in [5, 5.41) is 9.71. The Hall–Kier alpha value is -4.58. The molecule has 4 aromatic heterocycles. The van der Waals surface area contributed by atoms with E-state index in [0.717, 1.165) is 11.6 Å². The lowest BCUT2D eigenvalue weighted by Crippen LogP contribution is -2.43. The monoisotopic (exact) mass is 530 g/mol. The van der Waals surface area contributed by atoms with Gasteiger partial charge < -0.3 is 14.6 Å². The molecule has 0 radical (unpaired) electrons. The second-order valence-corrected chi connectivity index (χ2v) is 9.43. The van der Waals surface area contributed by atoms with Crippen molar-refractivity contribution in [2.45, 2.75) is 37.5 Å². The quantitative estimate of drug-likeness (QED) is 0.339. The summed E-state index contributed by atoms with van der Waals surface area (Å²) in [4.78, 5) is 30.3. The van der Waals surface area contributed by atoms with Crippen molar-refractivity contribution in [2.24, 2.45) is 0 Å². The number of carbonyl (C=O) groups is 1. The molecule has 1 amide bonds. The first-order chi connectivity index (χ1) is 19.0. The summed E-state index contributed by atoms with van der Waals surface area (Å²) < 4.78 is 36.5. The van der Waals surface area contributed by atoms with E-state index in [4.69, 9.17) is 9.72 Å². The first-order valence-electron chi connectivity index (χ1n) is 12.4. The molecule has 0 unspecified atom stereocenters. The number of aromatic nitrogens is 7. The highest BCUT2D eigenvalue weighted by Gasteiger charge is 2.34. The maximum atomic E-state index is 15.1. The number of benzene rings is 1. The molecule has 4 heterocycles. The number of rotatable bonds is 6. The van der Waals surface area contributed by atoms with Crippen LogP contribution in [0.4, 0.5) is 8.78 Å². The fourth-order valence-electron chi connectivity index (χ4n) is 5.21. The van der Waals surface area contributed by atoms with Gasteiger partial charge in [0.05, 0.1) is 23.4 Å². The number of fused-ring (bicyclic) bond motifs is 1. The molecule has 0 bridgehead atoms. The van der Waals surface area contributed by atoms with Crippen LogP contribution in [0.15, 0.2) is 61.2 Å². The highest BCUT2D eigenvalue weighted by molar-refractivity contribution is 5.92. The lowest BCUT2D eigenvalue weighted by Gasteiger charge is -2.36. The van der Waals surface area contributed by atoms with Crippen molar-refractivity contribution >= 4 is 16.9 Å². The summed E-state index contributed by atoms with van der Waals surface area (Å²) in [5.41, 5.74) is 2.21. The molecule has 2 N–H and O–H groups in total. The van der Waals surface area contributed by atoms with Crippen molar-refractivity contribution in [3.63, 3.8) is 0 Å². The van der Waals surface area contributed by atoms with Gasteiger partial charge in [-0.25, -0.2) is 18.7 Å². The number of ether oxygens (including phenoxy) is 1. The zero-order valence-corrected chi connectivity index (χ0v) is 20.9. The molecule has 39 heavy (non-hydrogen) atoms. The summed E-state index contributed by atoms with van der Waals surface area (Å²) in [7, 11) is 1.62. The number of hydrogen-bond donors (Lipinski definition) is 2. The minimum absolute atomic E-state index is 0.00556. The molecule has 1 aliphatic rings. The number of pyridine rings is 2. The van der Waals surface area contributed by atoms with Gasteiger partial charge in [0, 0.05) is 31.5 Å². The van der Waals surface area contributed by atoms with Gasteiger partial charge in [0.1, 0.15) is 40.7 Å². The maximum absolute atomic E-state index is 15.1. The van der Waals surface area contributed by atoms with E-state index in [1.807, 2.05) is 10.6 Å². The number of nitrogens with zero attached hydrogens (tertiary/aromatic N) is 6. The van der Waals surface area contributed by atoms with Crippen LogP contribution >= 0.6 is 0 Å². The minimum atomic E-state index is -0.540. The Labute approximate surface area is 221 Å². The Balaban J connectivity index is 1.42. The zero-order chi connectivity index (χ0) is 26.9. The average Bonchev–Trinajstić information content (AvgIpc) is 3.61. The fourth-order valence-corrected chi connectivity index (χ4v) is 5.21. The number of amides is 1. The van der Waals surface area contributed by atoms with Crippen LogP contribution in [-0.4, -0.2) is 59.9 Å². The summed E-state index contributed by atoms with van der Waals surface area (Å²) >= 11 is 0. The molecular weight excluding hydrogens is 506 g/mol. The van der Waals surface area contributed by atoms with Gasteiger partial charge >= 0.3 is 0 Å². The summed E-state index contributed by atoms with van der Waals surface area (Å²) in [5.74, 6) is -0.487. The van der Waals surface area contributed by atoms with Crippen LogP contribution in [-0.2, 0) is 4.74 Å². The molecule has 0 spiro atoms. The first kappa shape index (κ1) is 24.7. The van der Waals surface area contributed by atoms with Gasteiger partial charge in [-0.15, -0.1) is 0 Å². The molecule has 1 fully saturated rings. The number of carbonyl (C=O) groups excluding carboxylic acids is 1. The molecule has 12 heteroatoms. The topological polar surface area (TPSA) is 124 Å². The Kier molecular flexibility index (Phi) is 6.53. The number of hydrogen-bond acceptors (Lipinski definition) is 7. The molecule has 3 atom stereocenters. The molecule has 1 saturated carbocycles. The molecule has 1 aliphatic carbocycles. The number of aromatic amines is 1. The largest absolute Gasteiger partial charge is 0.381 e. The fraction of sp³-hybridized carbons (Fsp3) is 0.259. The van der Waals surface area contributed by atoms with Crippen molar-refractivity contribution in [1.82, 2.24) is 40.0 Å². The van der Waals surface area contributed by atoms with Crippen molar-refractivity contribution in [1.29, 1.82) is 0 Å². The first-order valence-corrected chi connectivity index (χ1v) is 12.4. The maximum Gasteiger partial charge on any atom is 0.270 e. The van der Waals surface area contributed by atoms with Crippen molar-refractivity contribution in [3.8, 4) is 22.9 Å². The zero-order valence-electron chi connectivity index (χ0n) is 20.9. The van der Waals surface area contributed by atoms with Crippen LogP contribution in [0.25, 0.3) is 33.9 Å². The van der Waals surface area contributed by atoms with Crippen LogP contribution in [0.3, 0.4) is 0 Å². The molecule has 10 nitrogen and oxygen atoms in total. The number of methoxy groups -OCH3 is 1. The SMILES string of the molecule is CO[C@H]1C[C@@H](NC(=O)c2cc(F)ccn2)C[C@@H](n2c(-c3ccccc3F)nc3cnc(-c4ncn[nH]4)cc32)C1.